The molecule has 0 fully saturated rings. The van der Waals surface area contributed by atoms with Crippen molar-refractivity contribution in [1.82, 2.24) is 4.90 Å². The first kappa shape index (κ1) is 24.6. The molecule has 5 rings (SSSR count). The minimum absolute atomic E-state index is 0.203. The van der Waals surface area contributed by atoms with Crippen molar-refractivity contribution in [3.05, 3.63) is 81.8 Å². The van der Waals surface area contributed by atoms with Gasteiger partial charge < -0.3 is 19.1 Å². The molecule has 7 nitrogen and oxygen atoms in total. The second-order valence-corrected chi connectivity index (χ2v) is 9.88. The third kappa shape index (κ3) is 3.84. The first-order chi connectivity index (χ1) is 17.4. The lowest BCUT2D eigenvalue weighted by atomic mass is 9.88. The summed E-state index contributed by atoms with van der Waals surface area (Å²) in [6.07, 6.45) is 0. The van der Waals surface area contributed by atoms with Gasteiger partial charge in [0, 0.05) is 26.1 Å². The number of fused-ring (bicyclic) bond motifs is 3. The molecule has 0 spiro atoms. The van der Waals surface area contributed by atoms with Gasteiger partial charge in [-0.25, -0.2) is 9.80 Å². The highest BCUT2D eigenvalue weighted by molar-refractivity contribution is 7.99. The second-order valence-electron chi connectivity index (χ2n) is 8.02. The molecule has 0 bridgehead atoms. The predicted molar refractivity (Wildman–Crippen MR) is 142 cm³/mol. The molecule has 10 heteroatoms. The largest absolute Gasteiger partial charge is 0.493 e. The van der Waals surface area contributed by atoms with Crippen LogP contribution >= 0.6 is 35.0 Å². The van der Waals surface area contributed by atoms with Gasteiger partial charge >= 0.3 is 5.97 Å². The van der Waals surface area contributed by atoms with Gasteiger partial charge in [0.05, 0.1) is 32.4 Å². The molecule has 3 aromatic carbocycles. The Hall–Kier alpha value is -3.07. The Bertz CT molecular complexity index is 1330. The van der Waals surface area contributed by atoms with Crippen molar-refractivity contribution in [3.8, 4) is 11.5 Å². The van der Waals surface area contributed by atoms with E-state index < -0.39 is 11.6 Å². The predicted octanol–water partition coefficient (Wildman–Crippen LogP) is 5.97. The fourth-order valence-corrected chi connectivity index (χ4v) is 5.95. The molecule has 0 saturated heterocycles. The van der Waals surface area contributed by atoms with Crippen LogP contribution in [-0.4, -0.2) is 43.4 Å². The van der Waals surface area contributed by atoms with Crippen molar-refractivity contribution in [1.29, 1.82) is 0 Å². The van der Waals surface area contributed by atoms with Gasteiger partial charge in [-0.1, -0.05) is 35.3 Å². The smallest absolute Gasteiger partial charge is 0.376 e. The zero-order valence-corrected chi connectivity index (χ0v) is 22.2. The number of rotatable bonds is 6. The summed E-state index contributed by atoms with van der Waals surface area (Å²) in [5.74, 6) is 1.32. The summed E-state index contributed by atoms with van der Waals surface area (Å²) >= 11 is 14.1. The van der Waals surface area contributed by atoms with Crippen LogP contribution in [0, 0.1) is 0 Å². The second kappa shape index (κ2) is 9.76. The highest BCUT2D eigenvalue weighted by Crippen LogP contribution is 2.55. The SMILES string of the molecule is CCOC(=O)C1=NN(c2ccc(Cl)cc2)C2(c3ccc(Cl)cc3)c3cc(OC)c(OC)cc3SCN12. The molecule has 2 aliphatic heterocycles. The van der Waals surface area contributed by atoms with Crippen LogP contribution in [-0.2, 0) is 15.2 Å². The molecule has 0 N–H and O–H groups in total. The minimum Gasteiger partial charge on any atom is -0.493 e. The van der Waals surface area contributed by atoms with Crippen LogP contribution in [0.1, 0.15) is 18.1 Å². The molecule has 2 heterocycles. The van der Waals surface area contributed by atoms with Crippen LogP contribution in [0.4, 0.5) is 5.69 Å². The maximum Gasteiger partial charge on any atom is 0.376 e. The van der Waals surface area contributed by atoms with Crippen molar-refractivity contribution in [2.75, 3.05) is 31.7 Å². The van der Waals surface area contributed by atoms with E-state index in [4.69, 9.17) is 42.5 Å². The van der Waals surface area contributed by atoms with Crippen molar-refractivity contribution < 1.29 is 19.0 Å². The van der Waals surface area contributed by atoms with Crippen molar-refractivity contribution in [3.63, 3.8) is 0 Å². The fourth-order valence-electron chi connectivity index (χ4n) is 4.58. The molecular weight excluding hydrogens is 521 g/mol. The molecule has 0 aliphatic carbocycles. The van der Waals surface area contributed by atoms with E-state index in [0.717, 1.165) is 21.7 Å². The Morgan fingerprint density at radius 1 is 1.00 bits per heavy atom. The van der Waals surface area contributed by atoms with E-state index >= 15 is 0 Å². The number of hydrogen-bond acceptors (Lipinski definition) is 8. The van der Waals surface area contributed by atoms with Gasteiger partial charge in [-0.3, -0.25) is 0 Å². The minimum atomic E-state index is -1.04. The van der Waals surface area contributed by atoms with Crippen LogP contribution < -0.4 is 14.5 Å². The number of nitrogens with zero attached hydrogens (tertiary/aromatic N) is 3. The van der Waals surface area contributed by atoms with Gasteiger partial charge in [0.2, 0.25) is 5.84 Å². The molecule has 1 unspecified atom stereocenters. The maximum atomic E-state index is 13.2. The molecule has 0 aromatic heterocycles. The average Bonchev–Trinajstić information content (AvgIpc) is 3.25. The summed E-state index contributed by atoms with van der Waals surface area (Å²) < 4.78 is 16.7. The van der Waals surface area contributed by atoms with Crippen molar-refractivity contribution in [2.45, 2.75) is 17.5 Å². The zero-order chi connectivity index (χ0) is 25.4. The van der Waals surface area contributed by atoms with Crippen LogP contribution in [0.5, 0.6) is 11.5 Å². The van der Waals surface area contributed by atoms with Crippen LogP contribution in [0.25, 0.3) is 0 Å². The van der Waals surface area contributed by atoms with E-state index in [1.165, 1.54) is 0 Å². The monoisotopic (exact) mass is 543 g/mol. The summed E-state index contributed by atoms with van der Waals surface area (Å²) in [7, 11) is 3.20. The first-order valence-electron chi connectivity index (χ1n) is 11.2. The fraction of sp³-hybridized carbons (Fsp3) is 0.231. The quantitative estimate of drug-likeness (QED) is 0.354. The summed E-state index contributed by atoms with van der Waals surface area (Å²) in [5.41, 5.74) is 1.43. The molecule has 3 aromatic rings. The lowest BCUT2D eigenvalue weighted by Crippen LogP contribution is -2.56. The summed E-state index contributed by atoms with van der Waals surface area (Å²) in [5, 5.41) is 7.89. The lowest BCUT2D eigenvalue weighted by Gasteiger charge is -2.48. The Morgan fingerprint density at radius 2 is 1.61 bits per heavy atom. The van der Waals surface area contributed by atoms with Gasteiger partial charge in [0.15, 0.2) is 17.2 Å². The molecule has 0 amide bonds. The number of esters is 1. The highest BCUT2D eigenvalue weighted by atomic mass is 35.5. The van der Waals surface area contributed by atoms with Crippen LogP contribution in [0.3, 0.4) is 0 Å². The molecule has 1 atom stereocenters. The summed E-state index contributed by atoms with van der Waals surface area (Å²) in [4.78, 5) is 16.1. The number of hydrogen-bond donors (Lipinski definition) is 0. The number of thioether (sulfide) groups is 1. The molecule has 36 heavy (non-hydrogen) atoms. The lowest BCUT2D eigenvalue weighted by molar-refractivity contribution is -0.135. The number of hydrazone groups is 1. The average molecular weight is 544 g/mol. The third-order valence-electron chi connectivity index (χ3n) is 6.13. The number of anilines is 1. The van der Waals surface area contributed by atoms with Crippen LogP contribution in [0.15, 0.2) is 70.7 Å². The molecule has 0 saturated carbocycles. The van der Waals surface area contributed by atoms with E-state index in [1.807, 2.05) is 58.4 Å². The number of carbonyl (C=O) groups is 1. The van der Waals surface area contributed by atoms with E-state index in [2.05, 4.69) is 0 Å². The van der Waals surface area contributed by atoms with E-state index in [9.17, 15) is 4.79 Å². The first-order valence-corrected chi connectivity index (χ1v) is 12.9. The van der Waals surface area contributed by atoms with Gasteiger partial charge in [-0.05, 0) is 55.5 Å². The number of ether oxygens (including phenoxy) is 3. The van der Waals surface area contributed by atoms with Crippen molar-refractivity contribution >= 4 is 52.5 Å². The topological polar surface area (TPSA) is 63.6 Å². The van der Waals surface area contributed by atoms with E-state index in [0.29, 0.717) is 27.4 Å². The normalized spacial score (nSPS) is 18.3. The van der Waals surface area contributed by atoms with Gasteiger partial charge in [0.1, 0.15) is 0 Å². The maximum absolute atomic E-state index is 13.2. The van der Waals surface area contributed by atoms with Gasteiger partial charge in [-0.15, -0.1) is 16.9 Å². The molecular formula is C26H23Cl2N3O4S. The summed E-state index contributed by atoms with van der Waals surface area (Å²) in [6, 6.07) is 18.8. The number of amidine groups is 1. The highest BCUT2D eigenvalue weighted by Gasteiger charge is 2.57. The Morgan fingerprint density at radius 3 is 2.22 bits per heavy atom. The number of methoxy groups -OCH3 is 2. The summed E-state index contributed by atoms with van der Waals surface area (Å²) in [6.45, 7) is 2.00. The van der Waals surface area contributed by atoms with E-state index in [-0.39, 0.29) is 12.4 Å². The van der Waals surface area contributed by atoms with E-state index in [1.54, 1.807) is 45.0 Å². The Kier molecular flexibility index (Phi) is 6.68. The Labute approximate surface area is 223 Å². The molecule has 186 valence electrons. The molecule has 2 aliphatic rings. The van der Waals surface area contributed by atoms with Crippen molar-refractivity contribution in [2.24, 2.45) is 5.10 Å². The van der Waals surface area contributed by atoms with Gasteiger partial charge in [0.25, 0.3) is 0 Å². The molecule has 0 radical (unpaired) electrons. The number of benzene rings is 3. The Balaban J connectivity index is 1.85. The standard InChI is InChI=1S/C26H23Cl2N3O4S/c1-4-35-25(32)24-29-31(19-11-9-18(28)10-12-19)26(16-5-7-17(27)8-6-16)20-13-21(33-2)22(34-3)14-23(20)36-15-30(24)26/h5-14H,4,15H2,1-3H3. The third-order valence-corrected chi connectivity index (χ3v) is 7.67. The number of halogens is 2. The van der Waals surface area contributed by atoms with Crippen LogP contribution in [0.2, 0.25) is 10.0 Å². The van der Waals surface area contributed by atoms with Gasteiger partial charge in [-0.2, -0.15) is 0 Å². The zero-order valence-electron chi connectivity index (χ0n) is 19.8. The number of carbonyl (C=O) groups excluding carboxylic acids is 1.